The van der Waals surface area contributed by atoms with Gasteiger partial charge in [0.2, 0.25) is 0 Å². The Kier molecular flexibility index (Phi) is 4.09. The van der Waals surface area contributed by atoms with E-state index in [0.717, 1.165) is 25.7 Å². The van der Waals surface area contributed by atoms with Crippen LogP contribution in [0.5, 0.6) is 0 Å². The second-order valence-electron chi connectivity index (χ2n) is 4.81. The molecule has 0 aliphatic heterocycles. The molecule has 104 valence electrons. The molecule has 6 nitrogen and oxygen atoms in total. The molecule has 0 bridgehead atoms. The van der Waals surface area contributed by atoms with Gasteiger partial charge < -0.3 is 11.1 Å². The molecule has 2 rings (SSSR count). The minimum Gasteiger partial charge on any atom is -0.383 e. The van der Waals surface area contributed by atoms with Crippen LogP contribution >= 0.6 is 0 Å². The Morgan fingerprint density at radius 2 is 2.11 bits per heavy atom. The van der Waals surface area contributed by atoms with E-state index in [9.17, 15) is 9.59 Å². The second kappa shape index (κ2) is 5.77. The highest BCUT2D eigenvalue weighted by atomic mass is 16.2. The summed E-state index contributed by atoms with van der Waals surface area (Å²) in [5, 5.41) is 3.13. The van der Waals surface area contributed by atoms with Gasteiger partial charge in [0.15, 0.2) is 0 Å². The van der Waals surface area contributed by atoms with Gasteiger partial charge >= 0.3 is 5.69 Å². The summed E-state index contributed by atoms with van der Waals surface area (Å²) in [5.41, 5.74) is 5.39. The third kappa shape index (κ3) is 2.89. The summed E-state index contributed by atoms with van der Waals surface area (Å²) >= 11 is 0. The van der Waals surface area contributed by atoms with Crippen molar-refractivity contribution in [3.63, 3.8) is 0 Å². The van der Waals surface area contributed by atoms with Crippen molar-refractivity contribution in [3.05, 3.63) is 33.0 Å². The summed E-state index contributed by atoms with van der Waals surface area (Å²) in [7, 11) is 0. The molecule has 1 heterocycles. The summed E-state index contributed by atoms with van der Waals surface area (Å²) in [6, 6.07) is 0.181. The lowest BCUT2D eigenvalue weighted by atomic mass is 10.2. The van der Waals surface area contributed by atoms with Crippen molar-refractivity contribution in [3.8, 4) is 0 Å². The number of rotatable bonds is 5. The maximum absolute atomic E-state index is 11.8. The maximum atomic E-state index is 11.8. The zero-order chi connectivity index (χ0) is 13.8. The van der Waals surface area contributed by atoms with Crippen molar-refractivity contribution in [1.82, 2.24) is 9.55 Å². The monoisotopic (exact) mass is 264 g/mol. The van der Waals surface area contributed by atoms with Gasteiger partial charge in [0.1, 0.15) is 11.5 Å². The Balaban J connectivity index is 2.31. The normalized spacial score (nSPS) is 15.0. The van der Waals surface area contributed by atoms with E-state index in [4.69, 9.17) is 5.73 Å². The zero-order valence-corrected chi connectivity index (χ0v) is 11.1. The average Bonchev–Trinajstić information content (AvgIpc) is 2.87. The first-order chi connectivity index (χ1) is 9.13. The van der Waals surface area contributed by atoms with E-state index in [2.05, 4.69) is 22.5 Å². The molecule has 1 aliphatic carbocycles. The highest BCUT2D eigenvalue weighted by Gasteiger charge is 2.16. The molecule has 0 amide bonds. The third-order valence-corrected chi connectivity index (χ3v) is 3.33. The Bertz CT molecular complexity index is 577. The molecule has 1 aromatic rings. The molecule has 0 fully saturated rings. The number of aromatic amines is 1. The van der Waals surface area contributed by atoms with Crippen molar-refractivity contribution in [1.29, 1.82) is 0 Å². The van der Waals surface area contributed by atoms with E-state index < -0.39 is 11.2 Å². The minimum absolute atomic E-state index is 0.181. The van der Waals surface area contributed by atoms with Crippen LogP contribution in [-0.4, -0.2) is 15.6 Å². The molecule has 4 N–H and O–H groups in total. The van der Waals surface area contributed by atoms with Crippen molar-refractivity contribution in [2.75, 3.05) is 11.1 Å². The largest absolute Gasteiger partial charge is 0.383 e. The molecule has 0 aromatic carbocycles. The standard InChI is InChI=1S/C13H20N4O2/c1-2-3-8-17-11(14)10(12(18)16-13(17)19)15-9-6-4-5-7-9/h4-5,9,15H,2-3,6-8,14H2,1H3,(H,16,18,19). The van der Waals surface area contributed by atoms with Crippen LogP contribution in [0.15, 0.2) is 21.7 Å². The lowest BCUT2D eigenvalue weighted by Gasteiger charge is -2.17. The summed E-state index contributed by atoms with van der Waals surface area (Å²) < 4.78 is 1.43. The fourth-order valence-corrected chi connectivity index (χ4v) is 2.20. The third-order valence-electron chi connectivity index (χ3n) is 3.33. The van der Waals surface area contributed by atoms with E-state index >= 15 is 0 Å². The van der Waals surface area contributed by atoms with Crippen LogP contribution in [0.2, 0.25) is 0 Å². The predicted octanol–water partition coefficient (Wildman–Crippen LogP) is 1.05. The SMILES string of the molecule is CCCCn1c(N)c(NC2CC=CC2)c(=O)[nH]c1=O. The Morgan fingerprint density at radius 1 is 1.42 bits per heavy atom. The molecule has 0 saturated heterocycles. The van der Waals surface area contributed by atoms with Crippen LogP contribution < -0.4 is 22.3 Å². The number of aromatic nitrogens is 2. The number of nitrogens with one attached hydrogen (secondary N) is 2. The lowest BCUT2D eigenvalue weighted by molar-refractivity contribution is 0.604. The number of hydrogen-bond acceptors (Lipinski definition) is 4. The van der Waals surface area contributed by atoms with E-state index in [1.165, 1.54) is 4.57 Å². The first-order valence-electron chi connectivity index (χ1n) is 6.67. The second-order valence-corrected chi connectivity index (χ2v) is 4.81. The Labute approximate surface area is 111 Å². The Hall–Kier alpha value is -1.98. The summed E-state index contributed by atoms with van der Waals surface area (Å²) in [6.07, 6.45) is 7.67. The molecule has 1 aromatic heterocycles. The molecule has 0 atom stereocenters. The van der Waals surface area contributed by atoms with E-state index in [-0.39, 0.29) is 11.9 Å². The first kappa shape index (κ1) is 13.5. The molecule has 6 heteroatoms. The van der Waals surface area contributed by atoms with Crippen LogP contribution in [0, 0.1) is 0 Å². The highest BCUT2D eigenvalue weighted by molar-refractivity contribution is 5.61. The van der Waals surface area contributed by atoms with Gasteiger partial charge in [0.25, 0.3) is 5.56 Å². The van der Waals surface area contributed by atoms with Gasteiger partial charge in [0, 0.05) is 12.6 Å². The quantitative estimate of drug-likeness (QED) is 0.693. The number of unbranched alkanes of at least 4 members (excludes halogenated alkanes) is 1. The van der Waals surface area contributed by atoms with Crippen LogP contribution in [0.3, 0.4) is 0 Å². The number of hydrogen-bond donors (Lipinski definition) is 3. The lowest BCUT2D eigenvalue weighted by Crippen LogP contribution is -2.35. The van der Waals surface area contributed by atoms with Crippen LogP contribution in [0.4, 0.5) is 11.5 Å². The minimum atomic E-state index is -0.442. The Morgan fingerprint density at radius 3 is 2.74 bits per heavy atom. The number of anilines is 2. The van der Waals surface area contributed by atoms with Crippen molar-refractivity contribution < 1.29 is 0 Å². The van der Waals surface area contributed by atoms with E-state index in [1.54, 1.807) is 0 Å². The molecule has 0 unspecified atom stereocenters. The zero-order valence-electron chi connectivity index (χ0n) is 11.1. The summed E-state index contributed by atoms with van der Waals surface area (Å²) in [6.45, 7) is 2.56. The number of nitrogens with zero attached hydrogens (tertiary/aromatic N) is 1. The summed E-state index contributed by atoms with van der Waals surface area (Å²) in [5.74, 6) is 0.231. The number of nitrogens with two attached hydrogens (primary N) is 1. The van der Waals surface area contributed by atoms with Crippen molar-refractivity contribution >= 4 is 11.5 Å². The molecular formula is C13H20N4O2. The highest BCUT2D eigenvalue weighted by Crippen LogP contribution is 2.18. The molecule has 0 saturated carbocycles. The van der Waals surface area contributed by atoms with Crippen LogP contribution in [0.25, 0.3) is 0 Å². The fourth-order valence-electron chi connectivity index (χ4n) is 2.20. The van der Waals surface area contributed by atoms with Gasteiger partial charge in [-0.1, -0.05) is 25.5 Å². The predicted molar refractivity (Wildman–Crippen MR) is 76.4 cm³/mol. The van der Waals surface area contributed by atoms with Gasteiger partial charge in [-0.3, -0.25) is 14.3 Å². The van der Waals surface area contributed by atoms with Gasteiger partial charge in [0.05, 0.1) is 0 Å². The van der Waals surface area contributed by atoms with E-state index in [0.29, 0.717) is 12.2 Å². The molecule has 0 radical (unpaired) electrons. The topological polar surface area (TPSA) is 92.9 Å². The molecule has 19 heavy (non-hydrogen) atoms. The van der Waals surface area contributed by atoms with Crippen molar-refractivity contribution in [2.24, 2.45) is 0 Å². The average molecular weight is 264 g/mol. The number of nitrogen functional groups attached to an aromatic ring is 1. The number of H-pyrrole nitrogens is 1. The van der Waals surface area contributed by atoms with Gasteiger partial charge in [-0.05, 0) is 19.3 Å². The fraction of sp³-hybridized carbons (Fsp3) is 0.538. The van der Waals surface area contributed by atoms with Gasteiger partial charge in [-0.2, -0.15) is 0 Å². The van der Waals surface area contributed by atoms with Crippen LogP contribution in [-0.2, 0) is 6.54 Å². The smallest absolute Gasteiger partial charge is 0.330 e. The maximum Gasteiger partial charge on any atom is 0.330 e. The molecule has 0 spiro atoms. The molecule has 1 aliphatic rings. The van der Waals surface area contributed by atoms with E-state index in [1.807, 2.05) is 6.92 Å². The van der Waals surface area contributed by atoms with Crippen LogP contribution in [0.1, 0.15) is 32.6 Å². The molecular weight excluding hydrogens is 244 g/mol. The summed E-state index contributed by atoms with van der Waals surface area (Å²) in [4.78, 5) is 25.9. The first-order valence-corrected chi connectivity index (χ1v) is 6.67. The van der Waals surface area contributed by atoms with Gasteiger partial charge in [-0.25, -0.2) is 4.79 Å². The van der Waals surface area contributed by atoms with Gasteiger partial charge in [-0.15, -0.1) is 0 Å². The van der Waals surface area contributed by atoms with Crippen molar-refractivity contribution in [2.45, 2.75) is 45.2 Å².